The number of Topliss-reactive ketones (excluding diaryl/α,β-unsaturated/α-hetero) is 1. The monoisotopic (exact) mass is 431 g/mol. The van der Waals surface area contributed by atoms with Crippen molar-refractivity contribution in [1.29, 1.82) is 0 Å². The van der Waals surface area contributed by atoms with Crippen molar-refractivity contribution in [2.24, 2.45) is 0 Å². The Balaban J connectivity index is 1.30. The minimum atomic E-state index is 0.0996. The maximum atomic E-state index is 12.7. The third-order valence-corrected chi connectivity index (χ3v) is 7.00. The number of hydrogen-bond acceptors (Lipinski definition) is 4. The lowest BCUT2D eigenvalue weighted by molar-refractivity contribution is -0.130. The number of aryl methyl sites for hydroxylation is 1. The number of nitrogens with zero attached hydrogens (tertiary/aromatic N) is 3. The molecule has 2 aromatic carbocycles. The smallest absolute Gasteiger partial charge is 0.222 e. The van der Waals surface area contributed by atoms with Crippen molar-refractivity contribution in [1.82, 2.24) is 14.3 Å². The van der Waals surface area contributed by atoms with Crippen molar-refractivity contribution in [2.45, 2.75) is 39.0 Å². The summed E-state index contributed by atoms with van der Waals surface area (Å²) in [5.41, 5.74) is 5.06. The van der Waals surface area contributed by atoms with Crippen LogP contribution in [0.2, 0.25) is 0 Å². The molecule has 0 radical (unpaired) electrons. The average Bonchev–Trinajstić information content (AvgIpc) is 3.49. The normalized spacial score (nSPS) is 14.0. The van der Waals surface area contributed by atoms with Gasteiger partial charge < -0.3 is 4.90 Å². The number of fused-ring (bicyclic) bond motifs is 3. The number of rotatable bonds is 6. The highest BCUT2D eigenvalue weighted by molar-refractivity contribution is 7.23. The number of thiazole rings is 1. The number of amides is 1. The van der Waals surface area contributed by atoms with Crippen molar-refractivity contribution < 1.29 is 9.59 Å². The molecule has 5 nitrogen and oxygen atoms in total. The summed E-state index contributed by atoms with van der Waals surface area (Å²) in [6.07, 6.45) is 5.74. The quantitative estimate of drug-likeness (QED) is 0.379. The molecule has 1 aliphatic heterocycles. The fourth-order valence-corrected chi connectivity index (χ4v) is 5.33. The van der Waals surface area contributed by atoms with Crippen LogP contribution in [0.25, 0.3) is 26.4 Å². The number of likely N-dealkylation sites (tertiary alicyclic amines) is 1. The van der Waals surface area contributed by atoms with Crippen molar-refractivity contribution >= 4 is 38.2 Å². The molecule has 0 atom stereocenters. The van der Waals surface area contributed by atoms with Gasteiger partial charge in [-0.2, -0.15) is 0 Å². The summed E-state index contributed by atoms with van der Waals surface area (Å²) >= 11 is 1.60. The van der Waals surface area contributed by atoms with Gasteiger partial charge in [0.25, 0.3) is 0 Å². The van der Waals surface area contributed by atoms with Gasteiger partial charge in [-0.05, 0) is 50.5 Å². The summed E-state index contributed by atoms with van der Waals surface area (Å²) in [6.45, 7) is 3.82. The van der Waals surface area contributed by atoms with Gasteiger partial charge in [0.2, 0.25) is 5.91 Å². The Morgan fingerprint density at radius 1 is 1.06 bits per heavy atom. The Kier molecular flexibility index (Phi) is 5.32. The predicted molar refractivity (Wildman–Crippen MR) is 125 cm³/mol. The Bertz CT molecular complexity index is 1280. The van der Waals surface area contributed by atoms with Crippen LogP contribution in [0.5, 0.6) is 0 Å². The maximum absolute atomic E-state index is 12.7. The molecule has 0 aliphatic carbocycles. The fraction of sp³-hybridized carbons (Fsp3) is 0.320. The van der Waals surface area contributed by atoms with Crippen LogP contribution < -0.4 is 0 Å². The number of hydrogen-bond donors (Lipinski definition) is 0. The van der Waals surface area contributed by atoms with Crippen LogP contribution in [0, 0.1) is 6.92 Å². The van der Waals surface area contributed by atoms with Crippen LogP contribution in [-0.4, -0.2) is 39.1 Å². The summed E-state index contributed by atoms with van der Waals surface area (Å²) in [7, 11) is 0. The van der Waals surface area contributed by atoms with E-state index in [-0.39, 0.29) is 11.7 Å². The Morgan fingerprint density at radius 3 is 2.71 bits per heavy atom. The van der Waals surface area contributed by atoms with E-state index in [0.717, 1.165) is 52.4 Å². The number of ketones is 1. The fourth-order valence-electron chi connectivity index (χ4n) is 4.29. The second-order valence-corrected chi connectivity index (χ2v) is 9.31. The van der Waals surface area contributed by atoms with E-state index in [1.807, 2.05) is 29.2 Å². The van der Waals surface area contributed by atoms with Crippen LogP contribution in [-0.2, 0) is 4.79 Å². The van der Waals surface area contributed by atoms with E-state index in [9.17, 15) is 9.59 Å². The molecule has 1 amide bonds. The SMILES string of the molecule is Cc1cccc(-c2cn3c(n2)sc2cc(C(=O)CCCC(=O)N4CCCC4)ccc23)c1. The van der Waals surface area contributed by atoms with Gasteiger partial charge in [-0.1, -0.05) is 35.1 Å². The highest BCUT2D eigenvalue weighted by Gasteiger charge is 2.18. The van der Waals surface area contributed by atoms with Gasteiger partial charge in [0, 0.05) is 43.3 Å². The lowest BCUT2D eigenvalue weighted by Crippen LogP contribution is -2.27. The molecular formula is C25H25N3O2S. The third-order valence-electron chi connectivity index (χ3n) is 5.98. The molecule has 0 N–H and O–H groups in total. The zero-order valence-corrected chi connectivity index (χ0v) is 18.5. The molecule has 0 bridgehead atoms. The zero-order chi connectivity index (χ0) is 21.4. The van der Waals surface area contributed by atoms with E-state index in [2.05, 4.69) is 35.7 Å². The standard InChI is InChI=1S/C25H25N3O2S/c1-17-6-4-7-18(14-17)20-16-28-21-11-10-19(15-23(21)31-25(28)26-20)22(29)8-5-9-24(30)27-12-2-3-13-27/h4,6-7,10-11,14-16H,2-3,5,8-9,12-13H2,1H3. The first kappa shape index (κ1) is 19.9. The number of aromatic nitrogens is 2. The molecule has 1 aliphatic rings. The van der Waals surface area contributed by atoms with Gasteiger partial charge in [-0.3, -0.25) is 14.0 Å². The van der Waals surface area contributed by atoms with Crippen molar-refractivity contribution in [3.05, 3.63) is 59.8 Å². The first-order chi connectivity index (χ1) is 15.1. The number of carbonyl (C=O) groups is 2. The summed E-state index contributed by atoms with van der Waals surface area (Å²) < 4.78 is 3.15. The lowest BCUT2D eigenvalue weighted by Gasteiger charge is -2.14. The van der Waals surface area contributed by atoms with Crippen LogP contribution in [0.3, 0.4) is 0 Å². The lowest BCUT2D eigenvalue weighted by atomic mass is 10.0. The third kappa shape index (κ3) is 4.00. The van der Waals surface area contributed by atoms with Gasteiger partial charge >= 0.3 is 0 Å². The molecule has 2 aromatic heterocycles. The van der Waals surface area contributed by atoms with Crippen molar-refractivity contribution in [3.8, 4) is 11.3 Å². The molecule has 0 unspecified atom stereocenters. The molecule has 158 valence electrons. The van der Waals surface area contributed by atoms with Crippen molar-refractivity contribution in [3.63, 3.8) is 0 Å². The molecule has 3 heterocycles. The highest BCUT2D eigenvalue weighted by Crippen LogP contribution is 2.30. The summed E-state index contributed by atoms with van der Waals surface area (Å²) in [6, 6.07) is 14.2. The number of carbonyl (C=O) groups excluding carboxylic acids is 2. The Hall–Kier alpha value is -2.99. The van der Waals surface area contributed by atoms with Crippen LogP contribution in [0.1, 0.15) is 48.0 Å². The minimum absolute atomic E-state index is 0.0996. The van der Waals surface area contributed by atoms with E-state index >= 15 is 0 Å². The molecule has 31 heavy (non-hydrogen) atoms. The molecule has 0 spiro atoms. The topological polar surface area (TPSA) is 54.7 Å². The van der Waals surface area contributed by atoms with E-state index in [1.54, 1.807) is 11.3 Å². The average molecular weight is 432 g/mol. The second kappa shape index (κ2) is 8.27. The van der Waals surface area contributed by atoms with Gasteiger partial charge in [0.1, 0.15) is 0 Å². The van der Waals surface area contributed by atoms with E-state index in [4.69, 9.17) is 4.98 Å². The summed E-state index contributed by atoms with van der Waals surface area (Å²) in [5.74, 6) is 0.284. The van der Waals surface area contributed by atoms with Crippen molar-refractivity contribution in [2.75, 3.05) is 13.1 Å². The first-order valence-corrected chi connectivity index (χ1v) is 11.7. The predicted octanol–water partition coefficient (Wildman–Crippen LogP) is 5.50. The molecule has 5 rings (SSSR count). The Labute approximate surface area is 185 Å². The van der Waals surface area contributed by atoms with Gasteiger partial charge in [-0.25, -0.2) is 4.98 Å². The molecule has 0 saturated carbocycles. The summed E-state index contributed by atoms with van der Waals surface area (Å²) in [5, 5.41) is 0. The Morgan fingerprint density at radius 2 is 1.90 bits per heavy atom. The van der Waals surface area contributed by atoms with E-state index in [1.165, 1.54) is 5.56 Å². The van der Waals surface area contributed by atoms with Crippen LogP contribution >= 0.6 is 11.3 Å². The molecule has 1 fully saturated rings. The van der Waals surface area contributed by atoms with E-state index in [0.29, 0.717) is 24.8 Å². The first-order valence-electron chi connectivity index (χ1n) is 10.9. The van der Waals surface area contributed by atoms with Gasteiger partial charge in [-0.15, -0.1) is 0 Å². The van der Waals surface area contributed by atoms with Crippen LogP contribution in [0.4, 0.5) is 0 Å². The van der Waals surface area contributed by atoms with Crippen LogP contribution in [0.15, 0.2) is 48.7 Å². The number of imidazole rings is 1. The molecule has 6 heteroatoms. The maximum Gasteiger partial charge on any atom is 0.222 e. The van der Waals surface area contributed by atoms with Gasteiger partial charge in [0.15, 0.2) is 10.7 Å². The highest BCUT2D eigenvalue weighted by atomic mass is 32.1. The molecule has 1 saturated heterocycles. The minimum Gasteiger partial charge on any atom is -0.343 e. The molecule has 4 aromatic rings. The second-order valence-electron chi connectivity index (χ2n) is 8.30. The molecular weight excluding hydrogens is 406 g/mol. The number of benzene rings is 2. The van der Waals surface area contributed by atoms with Gasteiger partial charge in [0.05, 0.1) is 15.9 Å². The largest absolute Gasteiger partial charge is 0.343 e. The zero-order valence-electron chi connectivity index (χ0n) is 17.6. The summed E-state index contributed by atoms with van der Waals surface area (Å²) in [4.78, 5) is 32.5. The van der Waals surface area contributed by atoms with E-state index < -0.39 is 0 Å².